The van der Waals surface area contributed by atoms with E-state index in [1.807, 2.05) is 11.3 Å². The molecule has 0 aliphatic carbocycles. The molecule has 1 aromatic carbocycles. The Kier molecular flexibility index (Phi) is 2.74. The fourth-order valence-electron chi connectivity index (χ4n) is 3.25. The van der Waals surface area contributed by atoms with Crippen molar-refractivity contribution in [1.29, 1.82) is 0 Å². The number of benzene rings is 1. The van der Waals surface area contributed by atoms with E-state index < -0.39 is 0 Å². The SMILES string of the molecule is Ic1cc2c(s1)CCN1Cc3ccccc3CC21. The van der Waals surface area contributed by atoms with Gasteiger partial charge in [0.25, 0.3) is 0 Å². The van der Waals surface area contributed by atoms with E-state index >= 15 is 0 Å². The zero-order chi connectivity index (χ0) is 12.1. The van der Waals surface area contributed by atoms with Crippen molar-refractivity contribution in [2.75, 3.05) is 6.54 Å². The minimum atomic E-state index is 0.628. The van der Waals surface area contributed by atoms with Crippen molar-refractivity contribution in [3.63, 3.8) is 0 Å². The molecule has 2 aromatic rings. The molecule has 1 aromatic heterocycles. The summed E-state index contributed by atoms with van der Waals surface area (Å²) in [4.78, 5) is 4.29. The summed E-state index contributed by atoms with van der Waals surface area (Å²) in [5.74, 6) is 0. The summed E-state index contributed by atoms with van der Waals surface area (Å²) in [5, 5.41) is 0. The highest BCUT2D eigenvalue weighted by molar-refractivity contribution is 14.1. The van der Waals surface area contributed by atoms with Crippen molar-refractivity contribution < 1.29 is 0 Å². The minimum absolute atomic E-state index is 0.628. The largest absolute Gasteiger partial charge is 0.291 e. The molecule has 4 rings (SSSR count). The van der Waals surface area contributed by atoms with Gasteiger partial charge in [0.1, 0.15) is 0 Å². The maximum absolute atomic E-state index is 2.66. The van der Waals surface area contributed by atoms with E-state index in [2.05, 4.69) is 57.8 Å². The van der Waals surface area contributed by atoms with Gasteiger partial charge in [-0.25, -0.2) is 0 Å². The maximum atomic E-state index is 2.66. The molecule has 2 aliphatic rings. The first-order valence-corrected chi connectivity index (χ1v) is 8.30. The molecule has 3 heterocycles. The number of halogens is 1. The van der Waals surface area contributed by atoms with Crippen LogP contribution in [-0.4, -0.2) is 11.4 Å². The first kappa shape index (κ1) is 11.4. The highest BCUT2D eigenvalue weighted by Gasteiger charge is 2.32. The summed E-state index contributed by atoms with van der Waals surface area (Å²) in [7, 11) is 0. The van der Waals surface area contributed by atoms with Gasteiger partial charge in [0.05, 0.1) is 2.88 Å². The minimum Gasteiger partial charge on any atom is -0.291 e. The second-order valence-corrected chi connectivity index (χ2v) is 8.17. The topological polar surface area (TPSA) is 3.24 Å². The van der Waals surface area contributed by atoms with Crippen molar-refractivity contribution >= 4 is 33.9 Å². The maximum Gasteiger partial charge on any atom is 0.0659 e. The lowest BCUT2D eigenvalue weighted by Crippen LogP contribution is -2.38. The zero-order valence-corrected chi connectivity index (χ0v) is 13.0. The van der Waals surface area contributed by atoms with E-state index in [1.165, 1.54) is 27.8 Å². The van der Waals surface area contributed by atoms with Gasteiger partial charge >= 0.3 is 0 Å². The molecule has 0 saturated carbocycles. The lowest BCUT2D eigenvalue weighted by atomic mass is 9.87. The molecule has 0 radical (unpaired) electrons. The Morgan fingerprint density at radius 1 is 1.22 bits per heavy atom. The number of hydrogen-bond donors (Lipinski definition) is 0. The van der Waals surface area contributed by atoms with E-state index in [9.17, 15) is 0 Å². The van der Waals surface area contributed by atoms with E-state index in [0.29, 0.717) is 6.04 Å². The van der Waals surface area contributed by atoms with Gasteiger partial charge in [0.15, 0.2) is 0 Å². The molecule has 18 heavy (non-hydrogen) atoms. The fourth-order valence-corrected chi connectivity index (χ4v) is 5.31. The molecule has 3 heteroatoms. The predicted molar refractivity (Wildman–Crippen MR) is 84.0 cm³/mol. The Bertz CT molecular complexity index is 604. The third-order valence-corrected chi connectivity index (χ3v) is 6.11. The van der Waals surface area contributed by atoms with E-state index in [-0.39, 0.29) is 0 Å². The van der Waals surface area contributed by atoms with Crippen molar-refractivity contribution in [3.8, 4) is 0 Å². The number of rotatable bonds is 0. The number of hydrogen-bond acceptors (Lipinski definition) is 2. The lowest BCUT2D eigenvalue weighted by Gasteiger charge is -2.40. The lowest BCUT2D eigenvalue weighted by molar-refractivity contribution is 0.162. The summed E-state index contributed by atoms with van der Waals surface area (Å²) in [6.07, 6.45) is 2.43. The van der Waals surface area contributed by atoms with Crippen LogP contribution in [-0.2, 0) is 19.4 Å². The van der Waals surface area contributed by atoms with Crippen molar-refractivity contribution in [2.45, 2.75) is 25.4 Å². The number of thiophene rings is 1. The molecule has 0 bridgehead atoms. The van der Waals surface area contributed by atoms with Crippen LogP contribution in [0.1, 0.15) is 27.6 Å². The quantitative estimate of drug-likeness (QED) is 0.636. The number of fused-ring (bicyclic) bond motifs is 4. The molecule has 92 valence electrons. The molecule has 0 N–H and O–H groups in total. The molecule has 0 fully saturated rings. The third-order valence-electron chi connectivity index (χ3n) is 4.14. The van der Waals surface area contributed by atoms with Crippen LogP contribution in [0, 0.1) is 2.88 Å². The van der Waals surface area contributed by atoms with E-state index in [0.717, 1.165) is 6.54 Å². The first-order chi connectivity index (χ1) is 8.81. The smallest absolute Gasteiger partial charge is 0.0659 e. The number of nitrogens with zero attached hydrogens (tertiary/aromatic N) is 1. The second-order valence-electron chi connectivity index (χ2n) is 5.14. The Hall–Kier alpha value is -0.390. The normalized spacial score (nSPS) is 22.2. The average Bonchev–Trinajstić information content (AvgIpc) is 2.77. The van der Waals surface area contributed by atoms with Gasteiger partial charge in [-0.2, -0.15) is 0 Å². The highest BCUT2D eigenvalue weighted by atomic mass is 127. The molecule has 1 atom stereocenters. The molecule has 0 saturated heterocycles. The Balaban J connectivity index is 1.78. The van der Waals surface area contributed by atoms with Gasteiger partial charge in [-0.05, 0) is 58.2 Å². The predicted octanol–water partition coefficient (Wildman–Crippen LogP) is 4.01. The van der Waals surface area contributed by atoms with Crippen LogP contribution < -0.4 is 0 Å². The van der Waals surface area contributed by atoms with Crippen LogP contribution in [0.25, 0.3) is 0 Å². The summed E-state index contributed by atoms with van der Waals surface area (Å²) in [6.45, 7) is 2.36. The van der Waals surface area contributed by atoms with Gasteiger partial charge in [0.2, 0.25) is 0 Å². The van der Waals surface area contributed by atoms with Crippen LogP contribution in [0.5, 0.6) is 0 Å². The summed E-state index contributed by atoms with van der Waals surface area (Å²) >= 11 is 4.45. The van der Waals surface area contributed by atoms with Gasteiger partial charge in [-0.1, -0.05) is 24.3 Å². The van der Waals surface area contributed by atoms with Crippen molar-refractivity contribution in [2.24, 2.45) is 0 Å². The van der Waals surface area contributed by atoms with Crippen molar-refractivity contribution in [1.82, 2.24) is 4.90 Å². The molecule has 2 aliphatic heterocycles. The Morgan fingerprint density at radius 3 is 2.94 bits per heavy atom. The fraction of sp³-hybridized carbons (Fsp3) is 0.333. The van der Waals surface area contributed by atoms with Crippen LogP contribution in [0.4, 0.5) is 0 Å². The average molecular weight is 367 g/mol. The highest BCUT2D eigenvalue weighted by Crippen LogP contribution is 2.41. The van der Waals surface area contributed by atoms with Crippen molar-refractivity contribution in [3.05, 3.63) is 54.8 Å². The molecule has 0 amide bonds. The summed E-state index contributed by atoms with van der Waals surface area (Å²) in [5.41, 5.74) is 4.68. The van der Waals surface area contributed by atoms with Crippen LogP contribution in [0.3, 0.4) is 0 Å². The molecule has 1 unspecified atom stereocenters. The summed E-state index contributed by atoms with van der Waals surface area (Å²) < 4.78 is 1.44. The van der Waals surface area contributed by atoms with E-state index in [4.69, 9.17) is 0 Å². The molecular weight excluding hydrogens is 353 g/mol. The molecular formula is C15H14INS. The third kappa shape index (κ3) is 1.75. The Morgan fingerprint density at radius 2 is 2.06 bits per heavy atom. The van der Waals surface area contributed by atoms with Crippen LogP contribution in [0.2, 0.25) is 0 Å². The van der Waals surface area contributed by atoms with Crippen LogP contribution in [0.15, 0.2) is 30.3 Å². The van der Waals surface area contributed by atoms with Gasteiger partial charge in [-0.15, -0.1) is 11.3 Å². The Labute approximate surface area is 125 Å². The van der Waals surface area contributed by atoms with Gasteiger partial charge in [-0.3, -0.25) is 4.90 Å². The summed E-state index contributed by atoms with van der Waals surface area (Å²) in [6, 6.07) is 12.0. The van der Waals surface area contributed by atoms with Gasteiger partial charge in [0, 0.05) is 24.0 Å². The molecule has 1 nitrogen and oxygen atoms in total. The van der Waals surface area contributed by atoms with E-state index in [1.54, 1.807) is 16.0 Å². The van der Waals surface area contributed by atoms with Crippen LogP contribution >= 0.6 is 33.9 Å². The zero-order valence-electron chi connectivity index (χ0n) is 10.0. The second kappa shape index (κ2) is 4.32. The molecule has 0 spiro atoms. The monoisotopic (exact) mass is 367 g/mol. The first-order valence-electron chi connectivity index (χ1n) is 6.40. The van der Waals surface area contributed by atoms with Gasteiger partial charge < -0.3 is 0 Å². The standard InChI is InChI=1S/C15H14INS/c16-15-8-12-13-7-10-3-1-2-4-11(10)9-17(13)6-5-14(12)18-15/h1-4,8,13H,5-7,9H2.